The Kier molecular flexibility index (Phi) is 12.0. The molecule has 0 aromatic heterocycles. The molecule has 0 heterocycles. The first kappa shape index (κ1) is 24.1. The molecule has 0 fully saturated rings. The molecule has 0 N–H and O–H groups in total. The average molecular weight is 372 g/mol. The van der Waals surface area contributed by atoms with Crippen molar-refractivity contribution in [1.82, 2.24) is 0 Å². The van der Waals surface area contributed by atoms with Crippen LogP contribution in [0, 0.1) is 6.92 Å². The maximum absolute atomic E-state index is 10.4. The SMILES string of the molecule is CCCCCCCCCC[N+](C)(C)C.Cc1ccc(S(=O)(=O)[O-])cc1. The molecule has 0 spiro atoms. The Hall–Kier alpha value is -0.910. The van der Waals surface area contributed by atoms with Crippen molar-refractivity contribution in [2.45, 2.75) is 70.1 Å². The van der Waals surface area contributed by atoms with Crippen molar-refractivity contribution in [2.75, 3.05) is 27.7 Å². The number of quaternary nitrogens is 1. The number of benzene rings is 1. The monoisotopic (exact) mass is 371 g/mol. The molecule has 0 amide bonds. The summed E-state index contributed by atoms with van der Waals surface area (Å²) in [6.07, 6.45) is 11.4. The fraction of sp³-hybridized carbons (Fsp3) is 0.700. The molecule has 25 heavy (non-hydrogen) atoms. The lowest BCUT2D eigenvalue weighted by atomic mass is 10.1. The van der Waals surface area contributed by atoms with Crippen LogP contribution in [0.3, 0.4) is 0 Å². The largest absolute Gasteiger partial charge is 0.744 e. The highest BCUT2D eigenvalue weighted by molar-refractivity contribution is 7.85. The minimum Gasteiger partial charge on any atom is -0.744 e. The van der Waals surface area contributed by atoms with E-state index in [0.29, 0.717) is 0 Å². The zero-order chi connectivity index (χ0) is 19.3. The molecule has 0 saturated heterocycles. The molecule has 4 nitrogen and oxygen atoms in total. The van der Waals surface area contributed by atoms with Gasteiger partial charge >= 0.3 is 0 Å². The number of rotatable bonds is 10. The average Bonchev–Trinajstić information content (AvgIpc) is 2.49. The lowest BCUT2D eigenvalue weighted by molar-refractivity contribution is -0.870. The maximum atomic E-state index is 10.4. The first-order chi connectivity index (χ1) is 11.6. The first-order valence-electron chi connectivity index (χ1n) is 9.39. The van der Waals surface area contributed by atoms with Crippen molar-refractivity contribution in [3.63, 3.8) is 0 Å². The van der Waals surface area contributed by atoms with E-state index < -0.39 is 10.1 Å². The normalized spacial score (nSPS) is 11.8. The van der Waals surface area contributed by atoms with Crippen LogP contribution in [0.5, 0.6) is 0 Å². The van der Waals surface area contributed by atoms with Gasteiger partial charge in [0, 0.05) is 0 Å². The van der Waals surface area contributed by atoms with Crippen molar-refractivity contribution in [1.29, 1.82) is 0 Å². The van der Waals surface area contributed by atoms with Crippen molar-refractivity contribution >= 4 is 10.1 Å². The Labute approximate surface area is 155 Å². The summed E-state index contributed by atoms with van der Waals surface area (Å²) in [6.45, 7) is 5.43. The number of hydrogen-bond donors (Lipinski definition) is 0. The summed E-state index contributed by atoms with van der Waals surface area (Å²) in [4.78, 5) is -0.178. The Morgan fingerprint density at radius 2 is 1.28 bits per heavy atom. The van der Waals surface area contributed by atoms with Crippen LogP contribution in [0.4, 0.5) is 0 Å². The van der Waals surface area contributed by atoms with Crippen molar-refractivity contribution < 1.29 is 17.5 Å². The van der Waals surface area contributed by atoms with Gasteiger partial charge in [-0.1, -0.05) is 63.1 Å². The van der Waals surface area contributed by atoms with E-state index in [4.69, 9.17) is 0 Å². The van der Waals surface area contributed by atoms with E-state index in [9.17, 15) is 13.0 Å². The van der Waals surface area contributed by atoms with E-state index in [1.54, 1.807) is 12.1 Å². The second-order valence-corrected chi connectivity index (χ2v) is 9.14. The molecule has 0 atom stereocenters. The zero-order valence-corrected chi connectivity index (χ0v) is 17.6. The highest BCUT2D eigenvalue weighted by atomic mass is 32.2. The summed E-state index contributed by atoms with van der Waals surface area (Å²) in [5, 5.41) is 0. The van der Waals surface area contributed by atoms with Gasteiger partial charge in [-0.25, -0.2) is 8.42 Å². The fourth-order valence-corrected chi connectivity index (χ4v) is 2.89. The van der Waals surface area contributed by atoms with Gasteiger partial charge in [0.25, 0.3) is 0 Å². The van der Waals surface area contributed by atoms with Gasteiger partial charge in [-0.3, -0.25) is 0 Å². The third-order valence-electron chi connectivity index (χ3n) is 3.99. The minimum atomic E-state index is -4.27. The van der Waals surface area contributed by atoms with Gasteiger partial charge in [0.2, 0.25) is 0 Å². The third kappa shape index (κ3) is 15.1. The molecule has 0 unspecified atom stereocenters. The Morgan fingerprint density at radius 1 is 0.840 bits per heavy atom. The predicted octanol–water partition coefficient (Wildman–Crippen LogP) is 4.73. The summed E-state index contributed by atoms with van der Waals surface area (Å²) < 4.78 is 32.3. The topological polar surface area (TPSA) is 57.2 Å². The van der Waals surface area contributed by atoms with E-state index in [0.717, 1.165) is 10.0 Å². The highest BCUT2D eigenvalue weighted by Crippen LogP contribution is 2.09. The van der Waals surface area contributed by atoms with Crippen LogP contribution in [-0.2, 0) is 10.1 Å². The number of aryl methyl sites for hydroxylation is 1. The molecule has 1 aromatic rings. The summed E-state index contributed by atoms with van der Waals surface area (Å²) in [7, 11) is 2.57. The molecule has 0 aliphatic rings. The molecular formula is C20H37NO3S. The smallest absolute Gasteiger partial charge is 0.124 e. The molecule has 5 heteroatoms. The van der Waals surface area contributed by atoms with Crippen LogP contribution >= 0.6 is 0 Å². The number of unbranched alkanes of at least 4 members (excludes halogenated alkanes) is 7. The van der Waals surface area contributed by atoms with Gasteiger partial charge in [-0.05, 0) is 31.9 Å². The molecule has 0 aliphatic carbocycles. The van der Waals surface area contributed by atoms with E-state index in [1.165, 1.54) is 70.0 Å². The number of hydrogen-bond acceptors (Lipinski definition) is 3. The lowest BCUT2D eigenvalue weighted by Crippen LogP contribution is -2.35. The van der Waals surface area contributed by atoms with Gasteiger partial charge < -0.3 is 9.04 Å². The van der Waals surface area contributed by atoms with Gasteiger partial charge in [0.05, 0.1) is 32.6 Å². The quantitative estimate of drug-likeness (QED) is 0.339. The zero-order valence-electron chi connectivity index (χ0n) is 16.8. The maximum Gasteiger partial charge on any atom is 0.124 e. The minimum absolute atomic E-state index is 0.178. The Bertz CT molecular complexity index is 545. The Morgan fingerprint density at radius 3 is 1.68 bits per heavy atom. The lowest BCUT2D eigenvalue weighted by Gasteiger charge is -2.23. The van der Waals surface area contributed by atoms with Gasteiger partial charge in [0.1, 0.15) is 10.1 Å². The van der Waals surface area contributed by atoms with Crippen LogP contribution in [0.25, 0.3) is 0 Å². The standard InChI is InChI=1S/C13H30N.C7H8O3S/c1-5-6-7-8-9-10-11-12-13-14(2,3)4;1-6-2-4-7(5-3-6)11(8,9)10/h5-13H2,1-4H3;2-5H,1H3,(H,8,9,10)/q+1;/p-1. The summed E-state index contributed by atoms with van der Waals surface area (Å²) in [5.41, 5.74) is 0.928. The summed E-state index contributed by atoms with van der Waals surface area (Å²) in [6, 6.07) is 5.78. The summed E-state index contributed by atoms with van der Waals surface area (Å²) in [5.74, 6) is 0. The van der Waals surface area contributed by atoms with Crippen LogP contribution < -0.4 is 0 Å². The van der Waals surface area contributed by atoms with Gasteiger partial charge in [0.15, 0.2) is 0 Å². The van der Waals surface area contributed by atoms with E-state index in [1.807, 2.05) is 6.92 Å². The second kappa shape index (κ2) is 12.4. The van der Waals surface area contributed by atoms with Crippen molar-refractivity contribution in [3.8, 4) is 0 Å². The Balaban J connectivity index is 0.000000472. The molecule has 1 rings (SSSR count). The molecule has 0 radical (unpaired) electrons. The van der Waals surface area contributed by atoms with Crippen LogP contribution in [0.2, 0.25) is 0 Å². The molecule has 0 aliphatic heterocycles. The van der Waals surface area contributed by atoms with Crippen LogP contribution in [-0.4, -0.2) is 45.1 Å². The van der Waals surface area contributed by atoms with Crippen LogP contribution in [0.1, 0.15) is 63.9 Å². The summed E-state index contributed by atoms with van der Waals surface area (Å²) >= 11 is 0. The van der Waals surface area contributed by atoms with Crippen LogP contribution in [0.15, 0.2) is 29.2 Å². The molecule has 1 aromatic carbocycles. The number of nitrogens with zero attached hydrogens (tertiary/aromatic N) is 1. The first-order valence-corrected chi connectivity index (χ1v) is 10.8. The molecular weight excluding hydrogens is 334 g/mol. The van der Waals surface area contributed by atoms with Crippen molar-refractivity contribution in [2.24, 2.45) is 0 Å². The fourth-order valence-electron chi connectivity index (χ4n) is 2.42. The third-order valence-corrected chi connectivity index (χ3v) is 4.84. The van der Waals surface area contributed by atoms with Crippen molar-refractivity contribution in [3.05, 3.63) is 29.8 Å². The van der Waals surface area contributed by atoms with E-state index in [2.05, 4.69) is 28.1 Å². The van der Waals surface area contributed by atoms with Gasteiger partial charge in [-0.15, -0.1) is 0 Å². The van der Waals surface area contributed by atoms with E-state index >= 15 is 0 Å². The second-order valence-electron chi connectivity index (χ2n) is 7.76. The molecule has 0 saturated carbocycles. The van der Waals surface area contributed by atoms with Gasteiger partial charge in [-0.2, -0.15) is 0 Å². The molecule has 146 valence electrons. The predicted molar refractivity (Wildman–Crippen MR) is 105 cm³/mol. The molecule has 0 bridgehead atoms. The van der Waals surface area contributed by atoms with E-state index in [-0.39, 0.29) is 4.90 Å². The highest BCUT2D eigenvalue weighted by Gasteiger charge is 2.04.